The number of carbonyl (C=O) groups is 1. The summed E-state index contributed by atoms with van der Waals surface area (Å²) < 4.78 is 18.0. The monoisotopic (exact) mass is 450 g/mol. The second-order valence-electron chi connectivity index (χ2n) is 9.37. The fourth-order valence-corrected chi connectivity index (χ4v) is 5.07. The third-order valence-corrected chi connectivity index (χ3v) is 6.89. The summed E-state index contributed by atoms with van der Waals surface area (Å²) in [5, 5.41) is 0. The minimum Gasteiger partial charge on any atom is -0.493 e. The largest absolute Gasteiger partial charge is 0.493 e. The quantitative estimate of drug-likeness (QED) is 0.460. The van der Waals surface area contributed by atoms with Crippen LogP contribution in [0.1, 0.15) is 41.3 Å². The molecule has 0 amide bonds. The van der Waals surface area contributed by atoms with Gasteiger partial charge in [0, 0.05) is 38.3 Å². The zero-order chi connectivity index (χ0) is 23.8. The van der Waals surface area contributed by atoms with Gasteiger partial charge < -0.3 is 24.0 Å². The number of methoxy groups -OCH3 is 1. The summed E-state index contributed by atoms with van der Waals surface area (Å²) in [6.07, 6.45) is 2.96. The molecule has 0 saturated carbocycles. The molecule has 0 fully saturated rings. The Morgan fingerprint density at radius 3 is 2.85 bits per heavy atom. The maximum absolute atomic E-state index is 12.9. The number of nitrogens with zero attached hydrogens (tertiary/aromatic N) is 2. The number of hydrogen-bond donors (Lipinski definition) is 0. The van der Waals surface area contributed by atoms with Gasteiger partial charge in [-0.25, -0.2) is 4.79 Å². The second-order valence-corrected chi connectivity index (χ2v) is 9.37. The predicted octanol–water partition coefficient (Wildman–Crippen LogP) is 4.42. The van der Waals surface area contributed by atoms with Crippen molar-refractivity contribution in [2.45, 2.75) is 43.9 Å². The lowest BCUT2D eigenvalue weighted by atomic mass is 9.72. The van der Waals surface area contributed by atoms with E-state index in [0.29, 0.717) is 12.0 Å². The van der Waals surface area contributed by atoms with E-state index in [9.17, 15) is 4.79 Å². The highest BCUT2D eigenvalue weighted by Gasteiger charge is 2.51. The maximum Gasteiger partial charge on any atom is 0.338 e. The summed E-state index contributed by atoms with van der Waals surface area (Å²) in [4.78, 5) is 17.1. The van der Waals surface area contributed by atoms with Gasteiger partial charge in [0.1, 0.15) is 12.2 Å². The number of ether oxygens (including phenoxy) is 3. The van der Waals surface area contributed by atoms with Gasteiger partial charge in [-0.2, -0.15) is 0 Å². The van der Waals surface area contributed by atoms with Crippen molar-refractivity contribution in [3.8, 4) is 11.5 Å². The molecular weight excluding hydrogens is 416 g/mol. The molecule has 2 aromatic rings. The van der Waals surface area contributed by atoms with Gasteiger partial charge in [0.15, 0.2) is 11.5 Å². The number of anilines is 1. The lowest BCUT2D eigenvalue weighted by Gasteiger charge is -2.32. The van der Waals surface area contributed by atoms with E-state index in [4.69, 9.17) is 14.2 Å². The number of hydrogen-bond acceptors (Lipinski definition) is 6. The summed E-state index contributed by atoms with van der Waals surface area (Å²) in [6.45, 7) is 7.93. The minimum atomic E-state index is -0.352. The van der Waals surface area contributed by atoms with Gasteiger partial charge in [-0.15, -0.1) is 6.58 Å². The SMILES string of the molecule is C=C[C@@]12CCN(C)Cc3ccc(OC)c(c31)OC2C[C@H](C)OC(=O)c1cccc(N(C)C)c1. The highest BCUT2D eigenvalue weighted by molar-refractivity contribution is 5.90. The Morgan fingerprint density at radius 1 is 1.36 bits per heavy atom. The summed E-state index contributed by atoms with van der Waals surface area (Å²) in [7, 11) is 7.70. The van der Waals surface area contributed by atoms with Crippen molar-refractivity contribution in [3.05, 3.63) is 65.7 Å². The zero-order valence-electron chi connectivity index (χ0n) is 20.3. The average molecular weight is 451 g/mol. The van der Waals surface area contributed by atoms with Crippen molar-refractivity contribution in [3.63, 3.8) is 0 Å². The van der Waals surface area contributed by atoms with Crippen LogP contribution in [0.4, 0.5) is 5.69 Å². The Kier molecular flexibility index (Phi) is 6.39. The van der Waals surface area contributed by atoms with Crippen LogP contribution >= 0.6 is 0 Å². The number of benzene rings is 2. The first-order chi connectivity index (χ1) is 15.8. The van der Waals surface area contributed by atoms with Gasteiger partial charge in [0.25, 0.3) is 0 Å². The lowest BCUT2D eigenvalue weighted by Crippen LogP contribution is -2.40. The minimum absolute atomic E-state index is 0.192. The Balaban J connectivity index is 1.58. The molecule has 0 N–H and O–H groups in total. The number of rotatable bonds is 7. The van der Waals surface area contributed by atoms with Crippen LogP contribution in [0, 0.1) is 0 Å². The molecule has 1 unspecified atom stereocenters. The first kappa shape index (κ1) is 23.2. The van der Waals surface area contributed by atoms with Crippen molar-refractivity contribution in [2.24, 2.45) is 0 Å². The van der Waals surface area contributed by atoms with Crippen molar-refractivity contribution in [2.75, 3.05) is 39.7 Å². The van der Waals surface area contributed by atoms with Gasteiger partial charge in [0.05, 0.1) is 18.1 Å². The topological polar surface area (TPSA) is 51.2 Å². The highest BCUT2D eigenvalue weighted by Crippen LogP contribution is 2.54. The molecule has 2 aromatic carbocycles. The molecule has 4 rings (SSSR count). The summed E-state index contributed by atoms with van der Waals surface area (Å²) >= 11 is 0. The van der Waals surface area contributed by atoms with Crippen LogP contribution in [0.3, 0.4) is 0 Å². The summed E-state index contributed by atoms with van der Waals surface area (Å²) in [6, 6.07) is 11.6. The lowest BCUT2D eigenvalue weighted by molar-refractivity contribution is 0.0186. The summed E-state index contributed by atoms with van der Waals surface area (Å²) in [5.41, 5.74) is 3.55. The Morgan fingerprint density at radius 2 is 2.15 bits per heavy atom. The number of carbonyl (C=O) groups excluding carboxylic acids is 1. The Bertz CT molecular complexity index is 1050. The molecule has 176 valence electrons. The molecule has 2 aliphatic heterocycles. The molecule has 0 aromatic heterocycles. The van der Waals surface area contributed by atoms with Crippen LogP contribution < -0.4 is 14.4 Å². The van der Waals surface area contributed by atoms with Crippen LogP contribution in [-0.2, 0) is 16.7 Å². The molecule has 0 saturated heterocycles. The summed E-state index contributed by atoms with van der Waals surface area (Å²) in [5.74, 6) is 1.21. The van der Waals surface area contributed by atoms with Crippen molar-refractivity contribution in [1.29, 1.82) is 0 Å². The second kappa shape index (κ2) is 9.10. The molecule has 2 heterocycles. The molecule has 33 heavy (non-hydrogen) atoms. The molecule has 6 nitrogen and oxygen atoms in total. The Hall–Kier alpha value is -2.99. The van der Waals surface area contributed by atoms with E-state index in [1.54, 1.807) is 13.2 Å². The third-order valence-electron chi connectivity index (χ3n) is 6.89. The molecule has 0 aliphatic carbocycles. The van der Waals surface area contributed by atoms with Crippen LogP contribution in [0.2, 0.25) is 0 Å². The van der Waals surface area contributed by atoms with Gasteiger partial charge >= 0.3 is 5.97 Å². The van der Waals surface area contributed by atoms with E-state index in [1.807, 2.05) is 56.3 Å². The van der Waals surface area contributed by atoms with Crippen molar-refractivity contribution in [1.82, 2.24) is 4.90 Å². The zero-order valence-corrected chi connectivity index (χ0v) is 20.3. The molecule has 6 heteroatoms. The van der Waals surface area contributed by atoms with E-state index in [0.717, 1.165) is 36.7 Å². The van der Waals surface area contributed by atoms with E-state index in [2.05, 4.69) is 24.6 Å². The van der Waals surface area contributed by atoms with Gasteiger partial charge in [0.2, 0.25) is 0 Å². The third kappa shape index (κ3) is 4.20. The van der Waals surface area contributed by atoms with E-state index < -0.39 is 0 Å². The predicted molar refractivity (Wildman–Crippen MR) is 130 cm³/mol. The van der Waals surface area contributed by atoms with Gasteiger partial charge in [-0.3, -0.25) is 0 Å². The fourth-order valence-electron chi connectivity index (χ4n) is 5.07. The average Bonchev–Trinajstić information content (AvgIpc) is 3.03. The molecule has 0 radical (unpaired) electrons. The smallest absolute Gasteiger partial charge is 0.338 e. The van der Waals surface area contributed by atoms with Crippen molar-refractivity contribution < 1.29 is 19.0 Å². The highest BCUT2D eigenvalue weighted by atomic mass is 16.6. The van der Waals surface area contributed by atoms with Crippen LogP contribution in [0.15, 0.2) is 49.1 Å². The molecule has 2 aliphatic rings. The first-order valence-corrected chi connectivity index (χ1v) is 11.5. The van der Waals surface area contributed by atoms with Crippen LogP contribution in [0.25, 0.3) is 0 Å². The maximum atomic E-state index is 12.9. The Labute approximate surface area is 196 Å². The standard InChI is InChI=1S/C27H34N2O4/c1-7-27-13-14-29(5)17-20-11-12-22(31-6)25(24(20)27)33-23(27)15-18(2)32-26(30)19-9-8-10-21(16-19)28(3)4/h7-12,16,18,23H,1,13-15,17H2,2-6H3/t18-,23?,27-/m0/s1. The molecule has 3 atom stereocenters. The molecule has 0 bridgehead atoms. The van der Waals surface area contributed by atoms with E-state index in [1.165, 1.54) is 11.1 Å². The molecule has 0 spiro atoms. The molecular formula is C27H34N2O4. The van der Waals surface area contributed by atoms with Gasteiger partial charge in [-0.1, -0.05) is 18.2 Å². The van der Waals surface area contributed by atoms with Crippen molar-refractivity contribution >= 4 is 11.7 Å². The fraction of sp³-hybridized carbons (Fsp3) is 0.444. The van der Waals surface area contributed by atoms with Crippen LogP contribution in [0.5, 0.6) is 11.5 Å². The van der Waals surface area contributed by atoms with Crippen LogP contribution in [-0.4, -0.2) is 57.9 Å². The van der Waals surface area contributed by atoms with E-state index >= 15 is 0 Å². The van der Waals surface area contributed by atoms with E-state index in [-0.39, 0.29) is 23.6 Å². The number of esters is 1. The first-order valence-electron chi connectivity index (χ1n) is 11.5. The normalized spacial score (nSPS) is 22.5. The van der Waals surface area contributed by atoms with Gasteiger partial charge in [-0.05, 0) is 56.8 Å².